The van der Waals surface area contributed by atoms with Crippen LogP contribution in [0, 0.1) is 11.8 Å². The number of aliphatic imine (C=N–C) groups is 2. The Bertz CT molecular complexity index is 301. The van der Waals surface area contributed by atoms with Crippen molar-refractivity contribution < 1.29 is 0 Å². The molecule has 0 heterocycles. The van der Waals surface area contributed by atoms with Crippen molar-refractivity contribution in [2.75, 3.05) is 0 Å². The van der Waals surface area contributed by atoms with Gasteiger partial charge < -0.3 is 0 Å². The van der Waals surface area contributed by atoms with E-state index in [4.69, 9.17) is 4.99 Å². The van der Waals surface area contributed by atoms with Gasteiger partial charge >= 0.3 is 0 Å². The fourth-order valence-corrected chi connectivity index (χ4v) is 2.04. The molecule has 20 heavy (non-hydrogen) atoms. The molecule has 0 radical (unpaired) electrons. The van der Waals surface area contributed by atoms with E-state index in [2.05, 4.69) is 66.4 Å². The van der Waals surface area contributed by atoms with Gasteiger partial charge in [-0.1, -0.05) is 20.8 Å². The fraction of sp³-hybridized carbons (Fsp3) is 0.889. The van der Waals surface area contributed by atoms with E-state index in [1.54, 1.807) is 0 Å². The molecule has 0 aliphatic heterocycles. The van der Waals surface area contributed by atoms with Gasteiger partial charge in [-0.2, -0.15) is 0 Å². The summed E-state index contributed by atoms with van der Waals surface area (Å²) < 4.78 is 0. The molecule has 2 nitrogen and oxygen atoms in total. The van der Waals surface area contributed by atoms with Crippen LogP contribution in [0.1, 0.15) is 80.6 Å². The molecule has 0 N–H and O–H groups in total. The lowest BCUT2D eigenvalue weighted by molar-refractivity contribution is 0.327. The number of unbranched alkanes of at least 4 members (excludes halogenated alkanes) is 1. The Kier molecular flexibility index (Phi) is 8.30. The monoisotopic (exact) mass is 280 g/mol. The molecule has 1 unspecified atom stereocenters. The molecule has 0 saturated heterocycles. The fourth-order valence-electron chi connectivity index (χ4n) is 2.04. The third kappa shape index (κ3) is 8.50. The van der Waals surface area contributed by atoms with Crippen LogP contribution in [0.3, 0.4) is 0 Å². The van der Waals surface area contributed by atoms with Crippen molar-refractivity contribution in [1.82, 2.24) is 0 Å². The third-order valence-electron chi connectivity index (χ3n) is 4.36. The zero-order chi connectivity index (χ0) is 15.8. The Morgan fingerprint density at radius 3 is 2.15 bits per heavy atom. The minimum absolute atomic E-state index is 0.00627. The smallest absolute Gasteiger partial charge is 0.0570 e. The van der Waals surface area contributed by atoms with Crippen LogP contribution in [-0.4, -0.2) is 24.0 Å². The SMILES string of the molecule is C=NC(C)(C)C(C)CCCC=NC(C)(C)CCC(C)C. The van der Waals surface area contributed by atoms with E-state index in [-0.39, 0.29) is 11.1 Å². The lowest BCUT2D eigenvalue weighted by atomic mass is 9.86. The Morgan fingerprint density at radius 1 is 1.05 bits per heavy atom. The van der Waals surface area contributed by atoms with Gasteiger partial charge in [-0.3, -0.25) is 9.98 Å². The largest absolute Gasteiger partial charge is 0.295 e. The van der Waals surface area contributed by atoms with Crippen LogP contribution in [0.15, 0.2) is 9.98 Å². The average Bonchev–Trinajstić information content (AvgIpc) is 2.35. The van der Waals surface area contributed by atoms with Crippen molar-refractivity contribution in [2.45, 2.75) is 91.6 Å². The Hall–Kier alpha value is -0.660. The standard InChI is InChI=1S/C18H36N2/c1-15(2)12-13-17(4,5)20-14-10-9-11-16(3)18(6,7)19-8/h14-16H,8-13H2,1-7H3. The van der Waals surface area contributed by atoms with E-state index in [0.717, 1.165) is 12.3 Å². The van der Waals surface area contributed by atoms with Gasteiger partial charge in [0.05, 0.1) is 11.1 Å². The molecule has 0 fully saturated rings. The van der Waals surface area contributed by atoms with Gasteiger partial charge in [0.25, 0.3) is 0 Å². The number of rotatable bonds is 10. The Morgan fingerprint density at radius 2 is 1.65 bits per heavy atom. The minimum Gasteiger partial charge on any atom is -0.295 e. The summed E-state index contributed by atoms with van der Waals surface area (Å²) in [5.41, 5.74) is 0.0888. The summed E-state index contributed by atoms with van der Waals surface area (Å²) in [6.45, 7) is 19.3. The van der Waals surface area contributed by atoms with Gasteiger partial charge in [-0.05, 0) is 84.6 Å². The van der Waals surface area contributed by atoms with Gasteiger partial charge in [0.15, 0.2) is 0 Å². The summed E-state index contributed by atoms with van der Waals surface area (Å²) in [6, 6.07) is 0. The summed E-state index contributed by atoms with van der Waals surface area (Å²) in [6.07, 6.45) is 7.99. The van der Waals surface area contributed by atoms with Crippen LogP contribution < -0.4 is 0 Å². The molecule has 0 saturated carbocycles. The van der Waals surface area contributed by atoms with Crippen LogP contribution in [0.5, 0.6) is 0 Å². The van der Waals surface area contributed by atoms with Crippen molar-refractivity contribution in [3.8, 4) is 0 Å². The first kappa shape index (κ1) is 19.3. The average molecular weight is 280 g/mol. The summed E-state index contributed by atoms with van der Waals surface area (Å²) in [7, 11) is 0. The first-order valence-corrected chi connectivity index (χ1v) is 8.12. The molecule has 0 aliphatic carbocycles. The van der Waals surface area contributed by atoms with Gasteiger partial charge in [-0.25, -0.2) is 0 Å². The van der Waals surface area contributed by atoms with Crippen molar-refractivity contribution in [1.29, 1.82) is 0 Å². The third-order valence-corrected chi connectivity index (χ3v) is 4.36. The molecule has 118 valence electrons. The first-order chi connectivity index (χ1) is 9.10. The topological polar surface area (TPSA) is 24.7 Å². The lowest BCUT2D eigenvalue weighted by Gasteiger charge is -2.27. The molecule has 2 heteroatoms. The quantitative estimate of drug-likeness (QED) is 0.370. The molecule has 0 amide bonds. The number of nitrogens with zero attached hydrogens (tertiary/aromatic N) is 2. The Labute approximate surface area is 127 Å². The second kappa shape index (κ2) is 8.59. The van der Waals surface area contributed by atoms with E-state index < -0.39 is 0 Å². The molecule has 1 atom stereocenters. The molecule has 0 spiro atoms. The lowest BCUT2D eigenvalue weighted by Crippen LogP contribution is -2.26. The minimum atomic E-state index is -0.00627. The molecular weight excluding hydrogens is 244 g/mol. The highest BCUT2D eigenvalue weighted by Gasteiger charge is 2.22. The maximum absolute atomic E-state index is 4.75. The van der Waals surface area contributed by atoms with Crippen molar-refractivity contribution in [2.24, 2.45) is 21.8 Å². The van der Waals surface area contributed by atoms with E-state index in [9.17, 15) is 0 Å². The van der Waals surface area contributed by atoms with Crippen LogP contribution >= 0.6 is 0 Å². The van der Waals surface area contributed by atoms with Crippen molar-refractivity contribution in [3.05, 3.63) is 0 Å². The normalized spacial score (nSPS) is 15.0. The highest BCUT2D eigenvalue weighted by Crippen LogP contribution is 2.25. The van der Waals surface area contributed by atoms with Gasteiger partial charge in [0.1, 0.15) is 0 Å². The molecule has 0 aliphatic rings. The highest BCUT2D eigenvalue weighted by atomic mass is 14.8. The molecule has 0 aromatic heterocycles. The zero-order valence-corrected chi connectivity index (χ0v) is 14.9. The van der Waals surface area contributed by atoms with E-state index in [1.165, 1.54) is 25.7 Å². The predicted molar refractivity (Wildman–Crippen MR) is 93.3 cm³/mol. The summed E-state index contributed by atoms with van der Waals surface area (Å²) >= 11 is 0. The highest BCUT2D eigenvalue weighted by molar-refractivity contribution is 5.57. The molecule has 0 rings (SSSR count). The van der Waals surface area contributed by atoms with E-state index >= 15 is 0 Å². The van der Waals surface area contributed by atoms with Crippen molar-refractivity contribution >= 4 is 12.9 Å². The van der Waals surface area contributed by atoms with E-state index in [0.29, 0.717) is 5.92 Å². The second-order valence-corrected chi connectivity index (χ2v) is 7.70. The van der Waals surface area contributed by atoms with E-state index in [1.807, 2.05) is 0 Å². The van der Waals surface area contributed by atoms with Crippen molar-refractivity contribution in [3.63, 3.8) is 0 Å². The molecule has 0 aromatic carbocycles. The number of hydrogen-bond acceptors (Lipinski definition) is 2. The molecule has 0 aromatic rings. The van der Waals surface area contributed by atoms with Gasteiger partial charge in [-0.15, -0.1) is 0 Å². The van der Waals surface area contributed by atoms with Gasteiger partial charge in [0.2, 0.25) is 0 Å². The second-order valence-electron chi connectivity index (χ2n) is 7.70. The number of hydrogen-bond donors (Lipinski definition) is 0. The summed E-state index contributed by atoms with van der Waals surface area (Å²) in [4.78, 5) is 8.96. The molecular formula is C18H36N2. The van der Waals surface area contributed by atoms with Crippen LogP contribution in [-0.2, 0) is 0 Å². The first-order valence-electron chi connectivity index (χ1n) is 8.12. The Balaban J connectivity index is 3.99. The predicted octanol–water partition coefficient (Wildman–Crippen LogP) is 5.56. The van der Waals surface area contributed by atoms with Crippen LogP contribution in [0.2, 0.25) is 0 Å². The summed E-state index contributed by atoms with van der Waals surface area (Å²) in [5, 5.41) is 0. The molecule has 0 bridgehead atoms. The van der Waals surface area contributed by atoms with Crippen LogP contribution in [0.25, 0.3) is 0 Å². The maximum atomic E-state index is 4.75. The summed E-state index contributed by atoms with van der Waals surface area (Å²) in [5.74, 6) is 1.33. The maximum Gasteiger partial charge on any atom is 0.0570 e. The van der Waals surface area contributed by atoms with Gasteiger partial charge in [0, 0.05) is 0 Å². The van der Waals surface area contributed by atoms with Crippen LogP contribution in [0.4, 0.5) is 0 Å². The zero-order valence-electron chi connectivity index (χ0n) is 14.9.